The summed E-state index contributed by atoms with van der Waals surface area (Å²) in [5.41, 5.74) is 12.2. The number of carbonyl (C=O) groups is 2. The van der Waals surface area contributed by atoms with Crippen molar-refractivity contribution < 1.29 is 35.1 Å². The molecular formula is C53H69N3O7. The van der Waals surface area contributed by atoms with Crippen molar-refractivity contribution in [3.63, 3.8) is 0 Å². The number of fused-ring (bicyclic) bond motifs is 4. The second-order valence-electron chi connectivity index (χ2n) is 19.5. The van der Waals surface area contributed by atoms with Gasteiger partial charge in [0.2, 0.25) is 5.91 Å². The number of aliphatic hydroxyl groups excluding tert-OH is 4. The summed E-state index contributed by atoms with van der Waals surface area (Å²) in [6.07, 6.45) is 12.4. The van der Waals surface area contributed by atoms with E-state index in [0.717, 1.165) is 40.7 Å². The molecule has 9 atom stereocenters. The fourth-order valence-electron chi connectivity index (χ4n) is 11.7. The molecule has 1 amide bonds. The lowest BCUT2D eigenvalue weighted by Crippen LogP contribution is -2.61. The van der Waals surface area contributed by atoms with Crippen LogP contribution in [0.5, 0.6) is 0 Å². The largest absolute Gasteiger partial charge is 0.393 e. The van der Waals surface area contributed by atoms with E-state index in [1.807, 2.05) is 74.5 Å². The molecule has 0 radical (unpaired) electrons. The molecule has 10 nitrogen and oxygen atoms in total. The molecule has 2 aliphatic heterocycles. The Morgan fingerprint density at radius 3 is 2.51 bits per heavy atom. The Kier molecular flexibility index (Phi) is 14.1. The molecule has 5 aliphatic rings. The summed E-state index contributed by atoms with van der Waals surface area (Å²) in [5, 5.41) is 65.7. The summed E-state index contributed by atoms with van der Waals surface area (Å²) in [6, 6.07) is 12.7. The number of rotatable bonds is 5. The molecule has 2 aromatic rings. The van der Waals surface area contributed by atoms with Gasteiger partial charge in [0.15, 0.2) is 5.78 Å². The molecule has 2 fully saturated rings. The van der Waals surface area contributed by atoms with Gasteiger partial charge in [-0.2, -0.15) is 0 Å². The van der Waals surface area contributed by atoms with E-state index in [9.17, 15) is 35.1 Å². The first-order valence-electron chi connectivity index (χ1n) is 23.0. The summed E-state index contributed by atoms with van der Waals surface area (Å²) >= 11 is 0. The lowest BCUT2D eigenvalue weighted by Gasteiger charge is -2.57. The minimum atomic E-state index is -1.35. The van der Waals surface area contributed by atoms with Crippen molar-refractivity contribution >= 4 is 11.7 Å². The SMILES string of the molecule is C=C(C=C1C=CC2(CCC3(C4CCC(O)Cc5cccc(c5)CCC(O)CNC5C(=O)NC(N)c6cccc(c65)CC(=O)C(C)=C4CCC3(C)O)C2O)C(CO)=C1)CCC=C(C)C. The van der Waals surface area contributed by atoms with Crippen LogP contribution in [0.1, 0.15) is 126 Å². The third kappa shape index (κ3) is 9.32. The van der Waals surface area contributed by atoms with E-state index < -0.39 is 52.9 Å². The highest BCUT2D eigenvalue weighted by Crippen LogP contribution is 2.67. The third-order valence-electron chi connectivity index (χ3n) is 15.2. The molecule has 2 spiro atoms. The Morgan fingerprint density at radius 1 is 0.984 bits per heavy atom. The zero-order valence-electron chi connectivity index (χ0n) is 37.6. The molecule has 2 aromatic carbocycles. The van der Waals surface area contributed by atoms with E-state index in [1.165, 1.54) is 5.57 Å². The molecular weight excluding hydrogens is 791 g/mol. The molecule has 9 unspecified atom stereocenters. The first kappa shape index (κ1) is 46.7. The fourth-order valence-corrected chi connectivity index (χ4v) is 11.7. The number of carbonyl (C=O) groups excluding carboxylic acids is 2. The highest BCUT2D eigenvalue weighted by molar-refractivity contribution is 5.98. The lowest BCUT2D eigenvalue weighted by atomic mass is 9.51. The van der Waals surface area contributed by atoms with E-state index in [-0.39, 0.29) is 31.3 Å². The van der Waals surface area contributed by atoms with Gasteiger partial charge in [0.1, 0.15) is 12.2 Å². The van der Waals surface area contributed by atoms with E-state index in [0.29, 0.717) is 85.6 Å². The van der Waals surface area contributed by atoms with Crippen molar-refractivity contribution in [2.75, 3.05) is 13.2 Å². The number of aliphatic hydroxyl groups is 5. The van der Waals surface area contributed by atoms with Crippen LogP contribution in [0, 0.1) is 16.7 Å². The molecule has 2 saturated carbocycles. The Bertz CT molecular complexity index is 2250. The second-order valence-corrected chi connectivity index (χ2v) is 19.5. The molecule has 7 rings (SSSR count). The third-order valence-corrected chi connectivity index (χ3v) is 15.2. The van der Waals surface area contributed by atoms with Gasteiger partial charge in [0, 0.05) is 23.8 Å². The number of allylic oxidation sites excluding steroid dienone is 9. The minimum Gasteiger partial charge on any atom is -0.393 e. The summed E-state index contributed by atoms with van der Waals surface area (Å²) in [6.45, 7) is 12.0. The van der Waals surface area contributed by atoms with Gasteiger partial charge in [-0.15, -0.1) is 0 Å². The summed E-state index contributed by atoms with van der Waals surface area (Å²) in [5.74, 6) is -0.946. The summed E-state index contributed by atoms with van der Waals surface area (Å²) < 4.78 is 0. The first-order valence-corrected chi connectivity index (χ1v) is 23.0. The van der Waals surface area contributed by atoms with Crippen molar-refractivity contribution in [3.05, 3.63) is 141 Å². The number of aryl methyl sites for hydroxylation is 1. The lowest BCUT2D eigenvalue weighted by molar-refractivity contribution is -0.174. The Hall–Kier alpha value is -4.26. The maximum absolute atomic E-state index is 14.8. The molecule has 10 heteroatoms. The van der Waals surface area contributed by atoms with Crippen molar-refractivity contribution in [2.45, 2.75) is 141 Å². The Balaban J connectivity index is 1.30. The zero-order valence-corrected chi connectivity index (χ0v) is 37.6. The number of hydrogen-bond donors (Lipinski definition) is 8. The standard InChI is InChI=1S/C53H69N3O7/c1-32(2)9-6-10-33(3)25-37-19-22-52(39(27-37)31-57)23-24-53(50(52)62)44-18-17-40(58)28-36-12-7-11-35(26-36)15-16-41(59)30-55-47-46-38(13-8-14-43(46)48(54)56-49(47)61)29-45(60)34(4)42(44)20-21-51(53,5)63/h7-9,11-14,19,22,25-27,40-41,44,47-48,50,55,57-59,62-63H,3,6,10,15-18,20-21,23-24,28-31,54H2,1-2,4-5H3,(H,56,61). The number of nitrogens with two attached hydrogens (primary N) is 1. The van der Waals surface area contributed by atoms with Crippen LogP contribution in [0.3, 0.4) is 0 Å². The van der Waals surface area contributed by atoms with Crippen LogP contribution in [0.4, 0.5) is 0 Å². The van der Waals surface area contributed by atoms with Crippen LogP contribution in [-0.4, -0.2) is 74.3 Å². The molecule has 2 bridgehead atoms. The van der Waals surface area contributed by atoms with E-state index in [4.69, 9.17) is 5.73 Å². The molecule has 9 N–H and O–H groups in total. The number of Topliss-reactive ketones (excluding diaryl/α,β-unsaturated/α-hetero) is 1. The van der Waals surface area contributed by atoms with E-state index in [2.05, 4.69) is 43.2 Å². The number of ketones is 1. The monoisotopic (exact) mass is 860 g/mol. The number of nitrogens with one attached hydrogen (secondary N) is 2. The van der Waals surface area contributed by atoms with Gasteiger partial charge in [-0.3, -0.25) is 14.9 Å². The van der Waals surface area contributed by atoms with Crippen LogP contribution in [0.15, 0.2) is 113 Å². The van der Waals surface area contributed by atoms with Gasteiger partial charge in [0.25, 0.3) is 0 Å². The molecule has 0 aromatic heterocycles. The van der Waals surface area contributed by atoms with Gasteiger partial charge < -0.3 is 36.6 Å². The number of hydrogen-bond acceptors (Lipinski definition) is 9. The molecule has 338 valence electrons. The van der Waals surface area contributed by atoms with Crippen molar-refractivity contribution in [1.82, 2.24) is 10.6 Å². The number of amides is 1. The maximum Gasteiger partial charge on any atom is 0.243 e. The van der Waals surface area contributed by atoms with E-state index in [1.54, 1.807) is 0 Å². The van der Waals surface area contributed by atoms with Crippen LogP contribution < -0.4 is 16.4 Å². The predicted molar refractivity (Wildman–Crippen MR) is 247 cm³/mol. The predicted octanol–water partition coefficient (Wildman–Crippen LogP) is 6.53. The molecule has 3 aliphatic carbocycles. The fraction of sp³-hybridized carbons (Fsp3) is 0.509. The summed E-state index contributed by atoms with van der Waals surface area (Å²) in [4.78, 5) is 28.3. The van der Waals surface area contributed by atoms with Crippen LogP contribution in [0.25, 0.3) is 0 Å². The van der Waals surface area contributed by atoms with Crippen LogP contribution >= 0.6 is 0 Å². The van der Waals surface area contributed by atoms with Crippen molar-refractivity contribution in [1.29, 1.82) is 0 Å². The topological polar surface area (TPSA) is 185 Å². The first-order chi connectivity index (χ1) is 30.0. The van der Waals surface area contributed by atoms with Crippen LogP contribution in [-0.2, 0) is 28.9 Å². The van der Waals surface area contributed by atoms with Gasteiger partial charge >= 0.3 is 0 Å². The van der Waals surface area contributed by atoms with Crippen molar-refractivity contribution in [3.8, 4) is 0 Å². The molecule has 63 heavy (non-hydrogen) atoms. The quantitative estimate of drug-likeness (QED) is 0.155. The minimum absolute atomic E-state index is 0.00596. The second kappa shape index (κ2) is 19.1. The van der Waals surface area contributed by atoms with Crippen molar-refractivity contribution in [2.24, 2.45) is 22.5 Å². The molecule has 2 heterocycles. The smallest absolute Gasteiger partial charge is 0.243 e. The number of benzene rings is 2. The average molecular weight is 860 g/mol. The van der Waals surface area contributed by atoms with Gasteiger partial charge in [-0.1, -0.05) is 96.1 Å². The maximum atomic E-state index is 14.8. The van der Waals surface area contributed by atoms with Crippen LogP contribution in [0.2, 0.25) is 0 Å². The average Bonchev–Trinajstić information content (AvgIpc) is 3.53. The zero-order chi connectivity index (χ0) is 45.3. The van der Waals surface area contributed by atoms with Gasteiger partial charge in [0.05, 0.1) is 30.5 Å². The Morgan fingerprint density at radius 2 is 1.75 bits per heavy atom. The van der Waals surface area contributed by atoms with Gasteiger partial charge in [-0.25, -0.2) is 0 Å². The number of β-amino-alcohol motifs (C(OH)–C–C–N with tert-alkyl or cyclic N) is 1. The summed E-state index contributed by atoms with van der Waals surface area (Å²) in [7, 11) is 0. The van der Waals surface area contributed by atoms with Gasteiger partial charge in [-0.05, 0) is 149 Å². The normalized spacial score (nSPS) is 33.4. The highest BCUT2D eigenvalue weighted by Gasteiger charge is 2.68. The molecule has 0 saturated heterocycles. The highest BCUT2D eigenvalue weighted by atomic mass is 16.3. The van der Waals surface area contributed by atoms with E-state index >= 15 is 0 Å². The Labute approximate surface area is 373 Å².